The first-order chi connectivity index (χ1) is 20.4. The van der Waals surface area contributed by atoms with Gasteiger partial charge in [0, 0.05) is 17.7 Å². The second-order valence-corrected chi connectivity index (χ2v) is 11.4. The monoisotopic (exact) mass is 566 g/mol. The SMILES string of the molecule is NS(=O)(=O)c1ccc(CN(CC#Cc2ccc(-c3ccccc3)cc2)CC#Cc2ccc(-c3ccccc3)cc2)cc1. The molecule has 0 amide bonds. The van der Waals surface area contributed by atoms with E-state index in [-0.39, 0.29) is 4.90 Å². The minimum Gasteiger partial charge on any atom is -0.277 e. The molecule has 0 saturated heterocycles. The first-order valence-electron chi connectivity index (χ1n) is 13.6. The van der Waals surface area contributed by atoms with Crippen LogP contribution in [0.3, 0.4) is 0 Å². The van der Waals surface area contributed by atoms with Crippen LogP contribution in [0.5, 0.6) is 0 Å². The van der Waals surface area contributed by atoms with Crippen LogP contribution in [0, 0.1) is 23.7 Å². The average molecular weight is 567 g/mol. The van der Waals surface area contributed by atoms with Crippen molar-refractivity contribution in [3.05, 3.63) is 150 Å². The van der Waals surface area contributed by atoms with E-state index in [0.717, 1.165) is 27.8 Å². The van der Waals surface area contributed by atoms with Crippen molar-refractivity contribution in [2.75, 3.05) is 13.1 Å². The van der Waals surface area contributed by atoms with Gasteiger partial charge < -0.3 is 0 Å². The zero-order valence-corrected chi connectivity index (χ0v) is 23.9. The average Bonchev–Trinajstić information content (AvgIpc) is 3.02. The molecule has 5 heteroatoms. The smallest absolute Gasteiger partial charge is 0.238 e. The topological polar surface area (TPSA) is 63.4 Å². The van der Waals surface area contributed by atoms with Gasteiger partial charge in [0.15, 0.2) is 0 Å². The minimum absolute atomic E-state index is 0.0929. The molecular weight excluding hydrogens is 536 g/mol. The Labute approximate surface area is 248 Å². The van der Waals surface area contributed by atoms with Crippen LogP contribution in [0.25, 0.3) is 22.3 Å². The predicted molar refractivity (Wildman–Crippen MR) is 171 cm³/mol. The summed E-state index contributed by atoms with van der Waals surface area (Å²) in [4.78, 5) is 2.22. The Bertz CT molecular complexity index is 1740. The van der Waals surface area contributed by atoms with Crippen molar-refractivity contribution in [1.29, 1.82) is 0 Å². The number of sulfonamides is 1. The van der Waals surface area contributed by atoms with Crippen molar-refractivity contribution in [2.45, 2.75) is 11.4 Å². The molecule has 4 nitrogen and oxygen atoms in total. The molecule has 0 radical (unpaired) electrons. The molecule has 0 aliphatic rings. The van der Waals surface area contributed by atoms with E-state index in [0.29, 0.717) is 19.6 Å². The molecule has 5 rings (SSSR count). The van der Waals surface area contributed by atoms with Gasteiger partial charge in [0.05, 0.1) is 18.0 Å². The number of benzene rings is 5. The minimum atomic E-state index is -3.74. The molecule has 42 heavy (non-hydrogen) atoms. The van der Waals surface area contributed by atoms with Gasteiger partial charge in [-0.3, -0.25) is 4.90 Å². The van der Waals surface area contributed by atoms with Crippen LogP contribution in [-0.4, -0.2) is 26.4 Å². The summed E-state index contributed by atoms with van der Waals surface area (Å²) >= 11 is 0. The van der Waals surface area contributed by atoms with Gasteiger partial charge in [-0.15, -0.1) is 0 Å². The van der Waals surface area contributed by atoms with E-state index < -0.39 is 10.0 Å². The molecule has 2 N–H and O–H groups in total. The maximum atomic E-state index is 11.7. The maximum Gasteiger partial charge on any atom is 0.238 e. The summed E-state index contributed by atoms with van der Waals surface area (Å²) in [6.07, 6.45) is 0. The van der Waals surface area contributed by atoms with Crippen molar-refractivity contribution in [2.24, 2.45) is 5.14 Å². The number of hydrogen-bond acceptors (Lipinski definition) is 3. The summed E-state index contributed by atoms with van der Waals surface area (Å²) < 4.78 is 23.3. The lowest BCUT2D eigenvalue weighted by Gasteiger charge is -2.17. The molecule has 0 fully saturated rings. The van der Waals surface area contributed by atoms with Crippen LogP contribution in [0.2, 0.25) is 0 Å². The summed E-state index contributed by atoms with van der Waals surface area (Å²) in [6, 6.07) is 43.6. The fourth-order valence-corrected chi connectivity index (χ4v) is 4.99. The number of primary sulfonamides is 1. The highest BCUT2D eigenvalue weighted by atomic mass is 32.2. The molecular formula is C37H30N2O2S. The van der Waals surface area contributed by atoms with E-state index in [9.17, 15) is 8.42 Å². The van der Waals surface area contributed by atoms with Crippen LogP contribution in [0.1, 0.15) is 16.7 Å². The quantitative estimate of drug-likeness (QED) is 0.227. The van der Waals surface area contributed by atoms with Crippen LogP contribution in [-0.2, 0) is 16.6 Å². The molecule has 0 aliphatic heterocycles. The lowest BCUT2D eigenvalue weighted by atomic mass is 10.0. The van der Waals surface area contributed by atoms with Gasteiger partial charge in [0.2, 0.25) is 10.0 Å². The molecule has 0 heterocycles. The summed E-state index contributed by atoms with van der Waals surface area (Å²) in [5.74, 6) is 13.1. The number of nitrogens with two attached hydrogens (primary N) is 1. The van der Waals surface area contributed by atoms with E-state index in [4.69, 9.17) is 5.14 Å². The predicted octanol–water partition coefficient (Wildman–Crippen LogP) is 6.57. The molecule has 206 valence electrons. The van der Waals surface area contributed by atoms with Crippen molar-refractivity contribution in [1.82, 2.24) is 4.90 Å². The molecule has 0 aliphatic carbocycles. The van der Waals surface area contributed by atoms with E-state index >= 15 is 0 Å². The third-order valence-electron chi connectivity index (χ3n) is 6.71. The summed E-state index contributed by atoms with van der Waals surface area (Å²) in [7, 11) is -3.74. The second-order valence-electron chi connectivity index (χ2n) is 9.82. The molecule has 0 aromatic heterocycles. The fraction of sp³-hybridized carbons (Fsp3) is 0.0811. The number of nitrogens with zero attached hydrogens (tertiary/aromatic N) is 1. The Morgan fingerprint density at radius 1 is 0.524 bits per heavy atom. The Kier molecular flexibility index (Phi) is 9.29. The highest BCUT2D eigenvalue weighted by Gasteiger charge is 2.09. The first kappa shape index (κ1) is 28.6. The van der Waals surface area contributed by atoms with Crippen LogP contribution in [0.15, 0.2) is 138 Å². The molecule has 0 saturated carbocycles. The van der Waals surface area contributed by atoms with Gasteiger partial charge in [0.25, 0.3) is 0 Å². The second kappa shape index (κ2) is 13.6. The Morgan fingerprint density at radius 2 is 0.929 bits per heavy atom. The Hall–Kier alpha value is -4.91. The van der Waals surface area contributed by atoms with Crippen LogP contribution >= 0.6 is 0 Å². The molecule has 5 aromatic rings. The first-order valence-corrected chi connectivity index (χ1v) is 15.1. The molecule has 0 bridgehead atoms. The Morgan fingerprint density at radius 3 is 1.33 bits per heavy atom. The van der Waals surface area contributed by atoms with E-state index in [1.165, 1.54) is 23.3 Å². The third-order valence-corrected chi connectivity index (χ3v) is 7.64. The summed E-state index contributed by atoms with van der Waals surface area (Å²) in [5, 5.41) is 5.26. The van der Waals surface area contributed by atoms with Crippen LogP contribution in [0.4, 0.5) is 0 Å². The van der Waals surface area contributed by atoms with Crippen molar-refractivity contribution < 1.29 is 8.42 Å². The summed E-state index contributed by atoms with van der Waals surface area (Å²) in [5.41, 5.74) is 7.48. The summed E-state index contributed by atoms with van der Waals surface area (Å²) in [6.45, 7) is 1.56. The van der Waals surface area contributed by atoms with Crippen molar-refractivity contribution in [3.8, 4) is 45.9 Å². The number of hydrogen-bond donors (Lipinski definition) is 1. The molecule has 5 aromatic carbocycles. The largest absolute Gasteiger partial charge is 0.277 e. The lowest BCUT2D eigenvalue weighted by molar-refractivity contribution is 0.337. The van der Waals surface area contributed by atoms with Crippen molar-refractivity contribution in [3.63, 3.8) is 0 Å². The lowest BCUT2D eigenvalue weighted by Crippen LogP contribution is -2.24. The number of rotatable bonds is 7. The van der Waals surface area contributed by atoms with Gasteiger partial charge in [0.1, 0.15) is 0 Å². The van der Waals surface area contributed by atoms with E-state index in [1.54, 1.807) is 12.1 Å². The van der Waals surface area contributed by atoms with E-state index in [2.05, 4.69) is 77.1 Å². The third kappa shape index (κ3) is 8.07. The Balaban J connectivity index is 1.29. The van der Waals surface area contributed by atoms with Gasteiger partial charge in [-0.2, -0.15) is 0 Å². The molecule has 0 unspecified atom stereocenters. The molecule has 0 spiro atoms. The maximum absolute atomic E-state index is 11.7. The van der Waals surface area contributed by atoms with E-state index in [1.807, 2.05) is 60.7 Å². The van der Waals surface area contributed by atoms with Gasteiger partial charge in [-0.05, 0) is 64.2 Å². The van der Waals surface area contributed by atoms with Gasteiger partial charge in [-0.1, -0.05) is 121 Å². The highest BCUT2D eigenvalue weighted by Crippen LogP contribution is 2.20. The standard InChI is InChI=1S/C37H30N2O2S/c38-42(40,41)37-25-19-32(20-26-37)29-39(27-7-9-30-15-21-35(22-16-30)33-11-3-1-4-12-33)28-8-10-31-17-23-36(24-18-31)34-13-5-2-6-14-34/h1-6,11-26H,27-29H2,(H2,38,40,41). The fourth-order valence-electron chi connectivity index (χ4n) is 4.47. The molecule has 0 atom stereocenters. The van der Waals surface area contributed by atoms with Crippen LogP contribution < -0.4 is 5.14 Å². The van der Waals surface area contributed by atoms with Gasteiger partial charge in [-0.25, -0.2) is 13.6 Å². The highest BCUT2D eigenvalue weighted by molar-refractivity contribution is 7.89. The zero-order chi connectivity index (χ0) is 29.2. The van der Waals surface area contributed by atoms with Gasteiger partial charge >= 0.3 is 0 Å². The van der Waals surface area contributed by atoms with Crippen molar-refractivity contribution >= 4 is 10.0 Å². The zero-order valence-electron chi connectivity index (χ0n) is 23.1. The normalized spacial score (nSPS) is 10.8.